The van der Waals surface area contributed by atoms with Crippen molar-refractivity contribution < 1.29 is 18.8 Å². The number of nitro groups is 1. The maximum atomic E-state index is 12.4. The van der Waals surface area contributed by atoms with Gasteiger partial charge in [-0.3, -0.25) is 14.9 Å². The third kappa shape index (κ3) is 4.15. The van der Waals surface area contributed by atoms with Gasteiger partial charge < -0.3 is 4.74 Å². The van der Waals surface area contributed by atoms with Crippen molar-refractivity contribution in [3.63, 3.8) is 0 Å². The maximum absolute atomic E-state index is 12.4. The number of rotatable bonds is 2. The summed E-state index contributed by atoms with van der Waals surface area (Å²) in [5.41, 5.74) is -0.484. The summed E-state index contributed by atoms with van der Waals surface area (Å²) in [5, 5.41) is 9.99. The number of hydrogen-bond donors (Lipinski definition) is 0. The molecule has 0 saturated heterocycles. The standard InChI is InChI=1S/C6H4FNO2.C2H4O2/c7-5-3-1-2-4-6(5)8(9)10;1-4-2-3/h1-4H;2H,1H3. The number of methoxy groups -OCH3 is 1. The van der Waals surface area contributed by atoms with Gasteiger partial charge in [-0.1, -0.05) is 12.1 Å². The Bertz CT molecular complexity index is 316. The van der Waals surface area contributed by atoms with Crippen LogP contribution in [0.3, 0.4) is 0 Å². The Morgan fingerprint density at radius 1 is 1.50 bits per heavy atom. The SMILES string of the molecule is COC=O.O=[N+]([O-])c1ccccc1F. The molecule has 0 heterocycles. The van der Waals surface area contributed by atoms with E-state index in [1.807, 2.05) is 0 Å². The average Bonchev–Trinajstić information content (AvgIpc) is 2.18. The Balaban J connectivity index is 0.000000364. The van der Waals surface area contributed by atoms with E-state index in [4.69, 9.17) is 4.79 Å². The van der Waals surface area contributed by atoms with Gasteiger partial charge in [-0.2, -0.15) is 4.39 Å². The molecule has 0 aromatic heterocycles. The van der Waals surface area contributed by atoms with Gasteiger partial charge in [-0.05, 0) is 6.07 Å². The molecule has 0 fully saturated rings. The van der Waals surface area contributed by atoms with Gasteiger partial charge in [-0.15, -0.1) is 0 Å². The monoisotopic (exact) mass is 201 g/mol. The molecule has 0 unspecified atom stereocenters. The van der Waals surface area contributed by atoms with Crippen LogP contribution in [0.4, 0.5) is 10.1 Å². The Labute approximate surface area is 79.3 Å². The third-order valence-corrected chi connectivity index (χ3v) is 1.15. The summed E-state index contributed by atoms with van der Waals surface area (Å²) in [6.45, 7) is 0.375. The second-order valence-corrected chi connectivity index (χ2v) is 2.04. The Hall–Kier alpha value is -1.98. The minimum absolute atomic E-state index is 0.375. The van der Waals surface area contributed by atoms with E-state index < -0.39 is 16.4 Å². The van der Waals surface area contributed by atoms with Gasteiger partial charge in [0.05, 0.1) is 12.0 Å². The van der Waals surface area contributed by atoms with Crippen LogP contribution < -0.4 is 0 Å². The van der Waals surface area contributed by atoms with Crippen LogP contribution in [0, 0.1) is 15.9 Å². The van der Waals surface area contributed by atoms with E-state index >= 15 is 0 Å². The van der Waals surface area contributed by atoms with Crippen LogP contribution in [0.5, 0.6) is 0 Å². The molecule has 5 nitrogen and oxygen atoms in total. The van der Waals surface area contributed by atoms with E-state index in [0.717, 1.165) is 12.1 Å². The number of carbonyl (C=O) groups is 1. The van der Waals surface area contributed by atoms with Crippen LogP contribution in [0.15, 0.2) is 24.3 Å². The van der Waals surface area contributed by atoms with E-state index in [2.05, 4.69) is 4.74 Å². The lowest BCUT2D eigenvalue weighted by atomic mass is 10.3. The molecule has 0 saturated carbocycles. The summed E-state index contributed by atoms with van der Waals surface area (Å²) in [7, 11) is 1.31. The number of para-hydroxylation sites is 1. The molecule has 0 aliphatic heterocycles. The van der Waals surface area contributed by atoms with E-state index in [0.29, 0.717) is 6.47 Å². The first-order valence-electron chi connectivity index (χ1n) is 3.48. The van der Waals surface area contributed by atoms with Crippen molar-refractivity contribution >= 4 is 12.2 Å². The molecule has 6 heteroatoms. The number of halogens is 1. The highest BCUT2D eigenvalue weighted by Crippen LogP contribution is 2.14. The van der Waals surface area contributed by atoms with Gasteiger partial charge >= 0.3 is 5.69 Å². The van der Waals surface area contributed by atoms with Gasteiger partial charge in [0.15, 0.2) is 0 Å². The van der Waals surface area contributed by atoms with Crippen molar-refractivity contribution in [1.29, 1.82) is 0 Å². The lowest BCUT2D eigenvalue weighted by molar-refractivity contribution is -0.387. The zero-order valence-corrected chi connectivity index (χ0v) is 7.34. The Morgan fingerprint density at radius 2 is 2.00 bits per heavy atom. The first kappa shape index (κ1) is 12.0. The molecule has 76 valence electrons. The minimum atomic E-state index is -0.799. The van der Waals surface area contributed by atoms with Crippen LogP contribution in [0.1, 0.15) is 0 Å². The highest BCUT2D eigenvalue weighted by molar-refractivity contribution is 5.36. The van der Waals surface area contributed by atoms with Crippen LogP contribution >= 0.6 is 0 Å². The van der Waals surface area contributed by atoms with Gasteiger partial charge in [0.1, 0.15) is 0 Å². The largest absolute Gasteiger partial charge is 0.471 e. The second-order valence-electron chi connectivity index (χ2n) is 2.04. The highest BCUT2D eigenvalue weighted by atomic mass is 19.1. The van der Waals surface area contributed by atoms with Crippen LogP contribution in [0.25, 0.3) is 0 Å². The molecule has 0 aliphatic rings. The van der Waals surface area contributed by atoms with Crippen molar-refractivity contribution in [2.75, 3.05) is 7.11 Å². The smallest absolute Gasteiger partial charge is 0.304 e. The fourth-order valence-corrected chi connectivity index (χ4v) is 0.600. The maximum Gasteiger partial charge on any atom is 0.304 e. The molecule has 0 radical (unpaired) electrons. The summed E-state index contributed by atoms with van der Waals surface area (Å²) in [6.07, 6.45) is 0. The van der Waals surface area contributed by atoms with Crippen molar-refractivity contribution in [2.24, 2.45) is 0 Å². The first-order valence-corrected chi connectivity index (χ1v) is 3.48. The summed E-state index contributed by atoms with van der Waals surface area (Å²) in [4.78, 5) is 18.2. The Morgan fingerprint density at radius 3 is 2.29 bits per heavy atom. The third-order valence-electron chi connectivity index (χ3n) is 1.15. The number of nitro benzene ring substituents is 1. The molecule has 0 atom stereocenters. The summed E-state index contributed by atoms with van der Waals surface area (Å²) in [5.74, 6) is -0.799. The lowest BCUT2D eigenvalue weighted by Gasteiger charge is -1.89. The van der Waals surface area contributed by atoms with Gasteiger partial charge in [0.25, 0.3) is 6.47 Å². The number of hydrogen-bond acceptors (Lipinski definition) is 4. The van der Waals surface area contributed by atoms with Crippen molar-refractivity contribution in [1.82, 2.24) is 0 Å². The highest BCUT2D eigenvalue weighted by Gasteiger charge is 2.10. The molecule has 1 aromatic rings. The van der Waals surface area contributed by atoms with Gasteiger partial charge in [-0.25, -0.2) is 0 Å². The van der Waals surface area contributed by atoms with E-state index in [-0.39, 0.29) is 0 Å². The van der Waals surface area contributed by atoms with E-state index in [1.54, 1.807) is 0 Å². The minimum Gasteiger partial charge on any atom is -0.471 e. The molecular formula is C8H8FNO4. The first-order chi connectivity index (χ1) is 6.63. The molecule has 14 heavy (non-hydrogen) atoms. The summed E-state index contributed by atoms with van der Waals surface area (Å²) < 4.78 is 16.3. The summed E-state index contributed by atoms with van der Waals surface area (Å²) >= 11 is 0. The molecule has 0 bridgehead atoms. The summed E-state index contributed by atoms with van der Waals surface area (Å²) in [6, 6.07) is 5.00. The molecule has 0 aliphatic carbocycles. The van der Waals surface area contributed by atoms with Crippen LogP contribution in [-0.2, 0) is 9.53 Å². The molecule has 0 amide bonds. The number of carbonyl (C=O) groups excluding carboxylic acids is 1. The predicted molar refractivity (Wildman–Crippen MR) is 46.1 cm³/mol. The Kier molecular flexibility index (Phi) is 5.60. The normalized spacial score (nSPS) is 8.14. The fourth-order valence-electron chi connectivity index (χ4n) is 0.600. The number of benzene rings is 1. The van der Waals surface area contributed by atoms with Crippen molar-refractivity contribution in [3.8, 4) is 0 Å². The van der Waals surface area contributed by atoms with Crippen LogP contribution in [-0.4, -0.2) is 18.5 Å². The zero-order valence-electron chi connectivity index (χ0n) is 7.34. The lowest BCUT2D eigenvalue weighted by Crippen LogP contribution is -1.90. The fraction of sp³-hybridized carbons (Fsp3) is 0.125. The van der Waals surface area contributed by atoms with Crippen LogP contribution in [0.2, 0.25) is 0 Å². The number of ether oxygens (including phenoxy) is 1. The molecule has 0 N–H and O–H groups in total. The molecule has 0 spiro atoms. The molecule has 1 aromatic carbocycles. The van der Waals surface area contributed by atoms with E-state index in [1.165, 1.54) is 19.2 Å². The second kappa shape index (κ2) is 6.53. The van der Waals surface area contributed by atoms with Crippen molar-refractivity contribution in [3.05, 3.63) is 40.2 Å². The molecule has 1 rings (SSSR count). The van der Waals surface area contributed by atoms with E-state index in [9.17, 15) is 14.5 Å². The zero-order chi connectivity index (χ0) is 11.0. The topological polar surface area (TPSA) is 69.4 Å². The molecular weight excluding hydrogens is 193 g/mol. The van der Waals surface area contributed by atoms with Crippen molar-refractivity contribution in [2.45, 2.75) is 0 Å². The van der Waals surface area contributed by atoms with Gasteiger partial charge in [0.2, 0.25) is 5.82 Å². The number of nitrogens with zero attached hydrogens (tertiary/aromatic N) is 1. The quantitative estimate of drug-likeness (QED) is 0.413. The van der Waals surface area contributed by atoms with Gasteiger partial charge in [0, 0.05) is 6.07 Å². The predicted octanol–water partition coefficient (Wildman–Crippen LogP) is 1.52. The average molecular weight is 201 g/mol.